The standard InChI is InChI=1S/C13H23F3N2O2/c14-13(15,16)9-19-6-3-11(18-17)10-2-7-20-12(8-10)4-1-5-12/h10-11,18H,1-9,17H2. The van der Waals surface area contributed by atoms with E-state index in [1.165, 1.54) is 6.42 Å². The van der Waals surface area contributed by atoms with Crippen LogP contribution in [0.15, 0.2) is 0 Å². The maximum atomic E-state index is 12.0. The van der Waals surface area contributed by atoms with Gasteiger partial charge in [0.1, 0.15) is 6.61 Å². The van der Waals surface area contributed by atoms with Crippen LogP contribution in [0.4, 0.5) is 13.2 Å². The predicted molar refractivity (Wildman–Crippen MR) is 67.9 cm³/mol. The monoisotopic (exact) mass is 296 g/mol. The minimum absolute atomic E-state index is 0.00962. The highest BCUT2D eigenvalue weighted by Gasteiger charge is 2.44. The summed E-state index contributed by atoms with van der Waals surface area (Å²) in [4.78, 5) is 0. The van der Waals surface area contributed by atoms with Crippen molar-refractivity contribution in [1.82, 2.24) is 5.43 Å². The molecular formula is C13H23F3N2O2. The molecule has 1 aliphatic heterocycles. The molecular weight excluding hydrogens is 273 g/mol. The average molecular weight is 296 g/mol. The topological polar surface area (TPSA) is 56.5 Å². The van der Waals surface area contributed by atoms with E-state index in [2.05, 4.69) is 10.2 Å². The number of nitrogens with one attached hydrogen (secondary N) is 1. The van der Waals surface area contributed by atoms with Crippen molar-refractivity contribution in [2.45, 2.75) is 56.3 Å². The van der Waals surface area contributed by atoms with Gasteiger partial charge in [-0.1, -0.05) is 0 Å². The van der Waals surface area contributed by atoms with Crippen LogP contribution in [-0.2, 0) is 9.47 Å². The number of alkyl halides is 3. The molecule has 20 heavy (non-hydrogen) atoms. The van der Waals surface area contributed by atoms with Crippen molar-refractivity contribution in [2.24, 2.45) is 11.8 Å². The highest BCUT2D eigenvalue weighted by molar-refractivity contribution is 4.96. The fourth-order valence-corrected chi connectivity index (χ4v) is 3.18. The van der Waals surface area contributed by atoms with Gasteiger partial charge in [-0.3, -0.25) is 11.3 Å². The highest BCUT2D eigenvalue weighted by atomic mass is 19.4. The van der Waals surface area contributed by atoms with Gasteiger partial charge in [-0.25, -0.2) is 0 Å². The predicted octanol–water partition coefficient (Wildman–Crippen LogP) is 2.14. The van der Waals surface area contributed by atoms with Crippen LogP contribution in [0.3, 0.4) is 0 Å². The molecule has 3 N–H and O–H groups in total. The van der Waals surface area contributed by atoms with Crippen LogP contribution in [0.2, 0.25) is 0 Å². The Morgan fingerprint density at radius 2 is 2.15 bits per heavy atom. The van der Waals surface area contributed by atoms with Gasteiger partial charge in [0.05, 0.1) is 5.60 Å². The van der Waals surface area contributed by atoms with Gasteiger partial charge in [0, 0.05) is 19.3 Å². The second-order valence-electron chi connectivity index (χ2n) is 5.87. The fraction of sp³-hybridized carbons (Fsp3) is 1.00. The minimum Gasteiger partial charge on any atom is -0.375 e. The first-order valence-corrected chi connectivity index (χ1v) is 7.19. The van der Waals surface area contributed by atoms with E-state index < -0.39 is 12.8 Å². The molecule has 2 aliphatic rings. The van der Waals surface area contributed by atoms with Crippen LogP contribution < -0.4 is 11.3 Å². The second-order valence-corrected chi connectivity index (χ2v) is 5.87. The first-order valence-electron chi connectivity index (χ1n) is 7.19. The maximum absolute atomic E-state index is 12.0. The lowest BCUT2D eigenvalue weighted by molar-refractivity contribution is -0.175. The molecule has 0 amide bonds. The Morgan fingerprint density at radius 3 is 2.70 bits per heavy atom. The zero-order chi connectivity index (χ0) is 14.6. The van der Waals surface area contributed by atoms with Crippen molar-refractivity contribution in [3.63, 3.8) is 0 Å². The molecule has 0 aromatic heterocycles. The SMILES string of the molecule is NNC(CCOCC(F)(F)F)C1CCOC2(CCC2)C1. The molecule has 2 unspecified atom stereocenters. The van der Waals surface area contributed by atoms with Crippen LogP contribution in [0, 0.1) is 5.92 Å². The first kappa shape index (κ1) is 16.0. The highest BCUT2D eigenvalue weighted by Crippen LogP contribution is 2.45. The summed E-state index contributed by atoms with van der Waals surface area (Å²) in [7, 11) is 0. The number of rotatable bonds is 6. The lowest BCUT2D eigenvalue weighted by Gasteiger charge is -2.48. The van der Waals surface area contributed by atoms with Gasteiger partial charge in [-0.2, -0.15) is 13.2 Å². The molecule has 2 atom stereocenters. The molecule has 4 nitrogen and oxygen atoms in total. The van der Waals surface area contributed by atoms with Gasteiger partial charge in [0.15, 0.2) is 0 Å². The molecule has 0 radical (unpaired) electrons. The third-order valence-corrected chi connectivity index (χ3v) is 4.42. The van der Waals surface area contributed by atoms with Crippen molar-refractivity contribution in [3.8, 4) is 0 Å². The van der Waals surface area contributed by atoms with Gasteiger partial charge < -0.3 is 9.47 Å². The minimum atomic E-state index is -4.26. The Kier molecular flexibility index (Phi) is 5.28. The Morgan fingerprint density at radius 1 is 1.40 bits per heavy atom. The summed E-state index contributed by atoms with van der Waals surface area (Å²) >= 11 is 0. The zero-order valence-corrected chi connectivity index (χ0v) is 11.5. The number of ether oxygens (including phenoxy) is 2. The number of nitrogens with two attached hydrogens (primary N) is 1. The van der Waals surface area contributed by atoms with E-state index in [1.807, 2.05) is 0 Å². The van der Waals surface area contributed by atoms with Crippen LogP contribution >= 0.6 is 0 Å². The lowest BCUT2D eigenvalue weighted by Crippen LogP contribution is -2.51. The number of hydrogen-bond acceptors (Lipinski definition) is 4. The van der Waals surface area contributed by atoms with Crippen molar-refractivity contribution in [1.29, 1.82) is 0 Å². The second kappa shape index (κ2) is 6.60. The Balaban J connectivity index is 1.73. The Hall–Kier alpha value is -0.370. The molecule has 2 fully saturated rings. The van der Waals surface area contributed by atoms with E-state index in [-0.39, 0.29) is 18.2 Å². The molecule has 1 saturated carbocycles. The van der Waals surface area contributed by atoms with Crippen LogP contribution in [0.25, 0.3) is 0 Å². The van der Waals surface area contributed by atoms with E-state index in [9.17, 15) is 13.2 Å². The van der Waals surface area contributed by atoms with Gasteiger partial charge in [0.25, 0.3) is 0 Å². The maximum Gasteiger partial charge on any atom is 0.411 e. The van der Waals surface area contributed by atoms with E-state index in [0.717, 1.165) is 25.7 Å². The molecule has 1 heterocycles. The first-order chi connectivity index (χ1) is 9.44. The Labute approximate surface area is 117 Å². The number of hydrogen-bond donors (Lipinski definition) is 2. The van der Waals surface area contributed by atoms with E-state index >= 15 is 0 Å². The summed E-state index contributed by atoms with van der Waals surface area (Å²) in [5.74, 6) is 5.90. The van der Waals surface area contributed by atoms with Crippen molar-refractivity contribution < 1.29 is 22.6 Å². The normalized spacial score (nSPS) is 27.3. The molecule has 1 saturated heterocycles. The molecule has 1 aliphatic carbocycles. The smallest absolute Gasteiger partial charge is 0.375 e. The largest absolute Gasteiger partial charge is 0.411 e. The van der Waals surface area contributed by atoms with E-state index in [1.54, 1.807) is 0 Å². The third kappa shape index (κ3) is 4.31. The lowest BCUT2D eigenvalue weighted by atomic mass is 9.70. The summed E-state index contributed by atoms with van der Waals surface area (Å²) in [6.45, 7) is -0.410. The number of hydrazine groups is 1. The fourth-order valence-electron chi connectivity index (χ4n) is 3.18. The van der Waals surface area contributed by atoms with E-state index in [0.29, 0.717) is 18.9 Å². The summed E-state index contributed by atoms with van der Waals surface area (Å²) in [6, 6.07) is -0.00962. The molecule has 2 rings (SSSR count). The third-order valence-electron chi connectivity index (χ3n) is 4.42. The molecule has 0 bridgehead atoms. The molecule has 0 aromatic carbocycles. The Bertz CT molecular complexity index is 308. The molecule has 0 aromatic rings. The summed E-state index contributed by atoms with van der Waals surface area (Å²) in [6.07, 6.45) is 1.45. The zero-order valence-electron chi connectivity index (χ0n) is 11.5. The number of halogens is 3. The summed E-state index contributed by atoms with van der Waals surface area (Å²) < 4.78 is 46.5. The molecule has 118 valence electrons. The summed E-state index contributed by atoms with van der Waals surface area (Å²) in [5, 5.41) is 0. The van der Waals surface area contributed by atoms with Crippen molar-refractivity contribution >= 4 is 0 Å². The van der Waals surface area contributed by atoms with Crippen molar-refractivity contribution in [2.75, 3.05) is 19.8 Å². The van der Waals surface area contributed by atoms with E-state index in [4.69, 9.17) is 10.6 Å². The molecule has 7 heteroatoms. The summed E-state index contributed by atoms with van der Waals surface area (Å²) in [5.41, 5.74) is 2.76. The average Bonchev–Trinajstić information content (AvgIpc) is 2.36. The van der Waals surface area contributed by atoms with Crippen LogP contribution in [-0.4, -0.2) is 37.6 Å². The van der Waals surface area contributed by atoms with Crippen LogP contribution in [0.5, 0.6) is 0 Å². The quantitative estimate of drug-likeness (QED) is 0.448. The van der Waals surface area contributed by atoms with Gasteiger partial charge in [-0.15, -0.1) is 0 Å². The van der Waals surface area contributed by atoms with Gasteiger partial charge in [0.2, 0.25) is 0 Å². The van der Waals surface area contributed by atoms with Crippen LogP contribution in [0.1, 0.15) is 38.5 Å². The van der Waals surface area contributed by atoms with Gasteiger partial charge >= 0.3 is 6.18 Å². The van der Waals surface area contributed by atoms with Gasteiger partial charge in [-0.05, 0) is 44.4 Å². The molecule has 1 spiro atoms. The van der Waals surface area contributed by atoms with Crippen molar-refractivity contribution in [3.05, 3.63) is 0 Å².